The summed E-state index contributed by atoms with van der Waals surface area (Å²) < 4.78 is 6.62. The number of rotatable bonds is 3. The molecule has 140 valence electrons. The van der Waals surface area contributed by atoms with Crippen LogP contribution in [0.4, 0.5) is 5.82 Å². The van der Waals surface area contributed by atoms with Crippen molar-refractivity contribution in [3.05, 3.63) is 49.5 Å². The van der Waals surface area contributed by atoms with Crippen LogP contribution in [0.1, 0.15) is 16.1 Å². The van der Waals surface area contributed by atoms with Crippen molar-refractivity contribution < 1.29 is 9.53 Å². The highest BCUT2D eigenvalue weighted by Gasteiger charge is 2.22. The Morgan fingerprint density at radius 1 is 1.37 bits per heavy atom. The molecule has 1 aliphatic heterocycles. The number of halogens is 2. The molecule has 0 radical (unpaired) electrons. The van der Waals surface area contributed by atoms with Crippen LogP contribution in [-0.4, -0.2) is 34.7 Å². The second-order valence-electron chi connectivity index (χ2n) is 6.07. The predicted octanol–water partition coefficient (Wildman–Crippen LogP) is 2.85. The summed E-state index contributed by atoms with van der Waals surface area (Å²) in [5.41, 5.74) is 6.15. The van der Waals surface area contributed by atoms with Gasteiger partial charge in [-0.3, -0.25) is 14.2 Å². The monoisotopic (exact) mass is 424 g/mol. The molecule has 0 saturated carbocycles. The summed E-state index contributed by atoms with van der Waals surface area (Å²) in [6.45, 7) is 1.12. The number of nitrogens with one attached hydrogen (secondary N) is 1. The van der Waals surface area contributed by atoms with Crippen molar-refractivity contribution >= 4 is 56.6 Å². The van der Waals surface area contributed by atoms with E-state index in [0.717, 1.165) is 17.8 Å². The number of nitrogens with zero attached hydrogens (tertiary/aromatic N) is 2. The molecule has 1 fully saturated rings. The Bertz CT molecular complexity index is 1110. The quantitative estimate of drug-likeness (QED) is 0.673. The van der Waals surface area contributed by atoms with Crippen LogP contribution >= 0.6 is 34.5 Å². The molecule has 7 nitrogen and oxygen atoms in total. The lowest BCUT2D eigenvalue weighted by Crippen LogP contribution is -2.34. The van der Waals surface area contributed by atoms with Gasteiger partial charge in [0.15, 0.2) is 5.82 Å². The average Bonchev–Trinajstić information content (AvgIpc) is 3.26. The Hall–Kier alpha value is -2.13. The van der Waals surface area contributed by atoms with E-state index in [1.165, 1.54) is 10.6 Å². The first-order chi connectivity index (χ1) is 12.9. The number of carbonyl (C=O) groups is 1. The van der Waals surface area contributed by atoms with Gasteiger partial charge in [-0.15, -0.1) is 11.3 Å². The smallest absolute Gasteiger partial charge is 0.298 e. The Morgan fingerprint density at radius 3 is 2.89 bits per heavy atom. The van der Waals surface area contributed by atoms with Gasteiger partial charge in [-0.2, -0.15) is 0 Å². The first-order valence-corrected chi connectivity index (χ1v) is 9.67. The molecule has 2 aromatic heterocycles. The number of anilines is 1. The van der Waals surface area contributed by atoms with Crippen LogP contribution in [0.2, 0.25) is 10.0 Å². The van der Waals surface area contributed by atoms with Gasteiger partial charge in [0, 0.05) is 11.6 Å². The summed E-state index contributed by atoms with van der Waals surface area (Å²) in [6, 6.07) is 6.38. The number of amides is 1. The highest BCUT2D eigenvalue weighted by molar-refractivity contribution is 7.20. The zero-order valence-corrected chi connectivity index (χ0v) is 16.2. The molecule has 3 N–H and O–H groups in total. The number of aromatic nitrogens is 2. The first-order valence-electron chi connectivity index (χ1n) is 8.10. The molecule has 1 aliphatic rings. The molecule has 3 heterocycles. The van der Waals surface area contributed by atoms with Crippen LogP contribution in [0, 0.1) is 0 Å². The molecule has 10 heteroatoms. The Kier molecular flexibility index (Phi) is 4.81. The van der Waals surface area contributed by atoms with Gasteiger partial charge in [-0.25, -0.2) is 4.98 Å². The topological polar surface area (TPSA) is 99.2 Å². The third-order valence-corrected chi connectivity index (χ3v) is 5.77. The second kappa shape index (κ2) is 7.12. The van der Waals surface area contributed by atoms with E-state index in [9.17, 15) is 9.59 Å². The third kappa shape index (κ3) is 3.41. The Labute approximate surface area is 167 Å². The van der Waals surface area contributed by atoms with Crippen LogP contribution in [0.5, 0.6) is 0 Å². The number of hydrogen-bond acceptors (Lipinski definition) is 6. The molecule has 0 aliphatic carbocycles. The van der Waals surface area contributed by atoms with Crippen molar-refractivity contribution in [2.24, 2.45) is 0 Å². The van der Waals surface area contributed by atoms with E-state index in [0.29, 0.717) is 39.1 Å². The van der Waals surface area contributed by atoms with E-state index < -0.39 is 5.56 Å². The van der Waals surface area contributed by atoms with Gasteiger partial charge < -0.3 is 15.8 Å². The fourth-order valence-electron chi connectivity index (χ4n) is 2.91. The third-order valence-electron chi connectivity index (χ3n) is 4.22. The SMILES string of the molecule is Nc1nc2sc(C(=O)N[C@@H]3CCOC3)cc2n(-c2ccc(Cl)cc2Cl)c1=O. The van der Waals surface area contributed by atoms with E-state index in [2.05, 4.69) is 10.3 Å². The van der Waals surface area contributed by atoms with Crippen LogP contribution in [0.15, 0.2) is 29.1 Å². The Balaban J connectivity index is 1.83. The summed E-state index contributed by atoms with van der Waals surface area (Å²) >= 11 is 13.4. The zero-order valence-electron chi connectivity index (χ0n) is 13.9. The normalized spacial score (nSPS) is 16.7. The Morgan fingerprint density at radius 2 is 2.19 bits per heavy atom. The van der Waals surface area contributed by atoms with Crippen LogP contribution in [0.3, 0.4) is 0 Å². The zero-order chi connectivity index (χ0) is 19.1. The largest absolute Gasteiger partial charge is 0.379 e. The summed E-state index contributed by atoms with van der Waals surface area (Å²) in [5.74, 6) is -0.417. The maximum Gasteiger partial charge on any atom is 0.298 e. The summed E-state index contributed by atoms with van der Waals surface area (Å²) in [4.78, 5) is 30.2. The van der Waals surface area contributed by atoms with Crippen molar-refractivity contribution in [1.29, 1.82) is 0 Å². The molecule has 0 unspecified atom stereocenters. The molecule has 1 amide bonds. The van der Waals surface area contributed by atoms with Crippen LogP contribution < -0.4 is 16.6 Å². The summed E-state index contributed by atoms with van der Waals surface area (Å²) in [5, 5.41) is 3.65. The number of nitrogen functional groups attached to an aromatic ring is 1. The number of hydrogen-bond donors (Lipinski definition) is 2. The standard InChI is InChI=1S/C17H14Cl2N4O3S/c18-8-1-2-11(10(19)5-8)23-12-6-13(15(24)21-9-3-4-26-7-9)27-16(12)22-14(20)17(23)25/h1-2,5-6,9H,3-4,7H2,(H2,20,22)(H,21,24)/t9-/m1/s1. The molecular formula is C17H14Cl2N4O3S. The number of nitrogens with two attached hydrogens (primary N) is 1. The van der Waals surface area contributed by atoms with E-state index in [1.54, 1.807) is 18.2 Å². The minimum Gasteiger partial charge on any atom is -0.379 e. The predicted molar refractivity (Wildman–Crippen MR) is 106 cm³/mol. The molecule has 3 aromatic rings. The van der Waals surface area contributed by atoms with E-state index >= 15 is 0 Å². The number of carbonyl (C=O) groups excluding carboxylic acids is 1. The highest BCUT2D eigenvalue weighted by atomic mass is 35.5. The summed E-state index contributed by atoms with van der Waals surface area (Å²) in [7, 11) is 0. The number of fused-ring (bicyclic) bond motifs is 1. The van der Waals surface area contributed by atoms with Crippen LogP contribution in [0.25, 0.3) is 16.0 Å². The first kappa shape index (κ1) is 18.2. The maximum absolute atomic E-state index is 12.6. The van der Waals surface area contributed by atoms with E-state index in [-0.39, 0.29) is 22.8 Å². The molecule has 1 aromatic carbocycles. The molecule has 1 atom stereocenters. The van der Waals surface area contributed by atoms with Gasteiger partial charge in [0.1, 0.15) is 4.83 Å². The van der Waals surface area contributed by atoms with Crippen molar-refractivity contribution in [2.45, 2.75) is 12.5 Å². The molecule has 27 heavy (non-hydrogen) atoms. The van der Waals surface area contributed by atoms with Crippen molar-refractivity contribution in [1.82, 2.24) is 14.9 Å². The van der Waals surface area contributed by atoms with Gasteiger partial charge in [-0.1, -0.05) is 23.2 Å². The minimum absolute atomic E-state index is 0.0198. The van der Waals surface area contributed by atoms with E-state index in [1.807, 2.05) is 0 Å². The van der Waals surface area contributed by atoms with Gasteiger partial charge in [0.25, 0.3) is 11.5 Å². The van der Waals surface area contributed by atoms with Gasteiger partial charge in [0.2, 0.25) is 0 Å². The van der Waals surface area contributed by atoms with Crippen molar-refractivity contribution in [2.75, 3.05) is 18.9 Å². The molecule has 1 saturated heterocycles. The van der Waals surface area contributed by atoms with Gasteiger partial charge >= 0.3 is 0 Å². The van der Waals surface area contributed by atoms with Crippen molar-refractivity contribution in [3.8, 4) is 5.69 Å². The fraction of sp³-hybridized carbons (Fsp3) is 0.235. The lowest BCUT2D eigenvalue weighted by molar-refractivity contribution is 0.0934. The fourth-order valence-corrected chi connectivity index (χ4v) is 4.33. The number of benzene rings is 1. The van der Waals surface area contributed by atoms with Crippen LogP contribution in [-0.2, 0) is 4.74 Å². The highest BCUT2D eigenvalue weighted by Crippen LogP contribution is 2.29. The molecule has 4 rings (SSSR count). The second-order valence-corrected chi connectivity index (χ2v) is 7.94. The lowest BCUT2D eigenvalue weighted by Gasteiger charge is -2.10. The maximum atomic E-state index is 12.6. The molecular weight excluding hydrogens is 411 g/mol. The number of thiophene rings is 1. The van der Waals surface area contributed by atoms with E-state index in [4.69, 9.17) is 33.7 Å². The number of ether oxygens (including phenoxy) is 1. The van der Waals surface area contributed by atoms with Crippen molar-refractivity contribution in [3.63, 3.8) is 0 Å². The average molecular weight is 425 g/mol. The molecule has 0 spiro atoms. The minimum atomic E-state index is -0.513. The van der Waals surface area contributed by atoms with Gasteiger partial charge in [0.05, 0.1) is 33.8 Å². The molecule has 0 bridgehead atoms. The summed E-state index contributed by atoms with van der Waals surface area (Å²) in [6.07, 6.45) is 0.771. The lowest BCUT2D eigenvalue weighted by atomic mass is 10.2. The van der Waals surface area contributed by atoms with Gasteiger partial charge in [-0.05, 0) is 30.7 Å².